The summed E-state index contributed by atoms with van der Waals surface area (Å²) < 4.78 is 14.6. The summed E-state index contributed by atoms with van der Waals surface area (Å²) in [6.45, 7) is 0.0424. The fraction of sp³-hybridized carbons (Fsp3) is 0.0870. The summed E-state index contributed by atoms with van der Waals surface area (Å²) in [5, 5.41) is 1.03. The fourth-order valence-electron chi connectivity index (χ4n) is 3.07. The van der Waals surface area contributed by atoms with Gasteiger partial charge in [0.05, 0.1) is 9.81 Å². The molecule has 3 amide bonds. The first-order valence-corrected chi connectivity index (χ1v) is 13.3. The number of carbonyl (C=O) groups excluding carboxylic acids is 3. The maximum Gasteiger partial charge on any atom is 0.285 e. The molecule has 0 unspecified atom stereocenters. The van der Waals surface area contributed by atoms with Crippen molar-refractivity contribution in [3.05, 3.63) is 79.8 Å². The summed E-state index contributed by atoms with van der Waals surface area (Å²) in [4.78, 5) is 40.1. The van der Waals surface area contributed by atoms with Gasteiger partial charge >= 0.3 is 0 Å². The molecule has 0 aromatic heterocycles. The van der Waals surface area contributed by atoms with Crippen molar-refractivity contribution >= 4 is 102 Å². The first kappa shape index (κ1) is 25.7. The average molecular weight is 609 g/mol. The minimum absolute atomic E-state index is 0.0424. The molecule has 0 atom stereocenters. The SMILES string of the molecule is O=C(CCN1C(=O)C(=Cc2ccc(F)cc2)SC1=S)NN1C(=O)C(=Cc2ccc(Br)cc2)SC1=S. The van der Waals surface area contributed by atoms with Crippen molar-refractivity contribution in [1.82, 2.24) is 15.3 Å². The number of hydrogen-bond acceptors (Lipinski definition) is 7. The van der Waals surface area contributed by atoms with E-state index >= 15 is 0 Å². The van der Waals surface area contributed by atoms with Crippen LogP contribution in [0.15, 0.2) is 62.8 Å². The van der Waals surface area contributed by atoms with Crippen molar-refractivity contribution in [1.29, 1.82) is 0 Å². The van der Waals surface area contributed by atoms with Crippen LogP contribution in [0.25, 0.3) is 12.2 Å². The minimum atomic E-state index is -0.484. The van der Waals surface area contributed by atoms with Crippen molar-refractivity contribution in [2.45, 2.75) is 6.42 Å². The van der Waals surface area contributed by atoms with E-state index in [4.69, 9.17) is 24.4 Å². The smallest absolute Gasteiger partial charge is 0.285 e. The van der Waals surface area contributed by atoms with Crippen LogP contribution in [-0.2, 0) is 14.4 Å². The third-order valence-electron chi connectivity index (χ3n) is 4.80. The van der Waals surface area contributed by atoms with Gasteiger partial charge in [-0.15, -0.1) is 0 Å². The first-order chi connectivity index (χ1) is 16.7. The van der Waals surface area contributed by atoms with E-state index in [-0.39, 0.29) is 29.0 Å². The standard InChI is InChI=1S/C23H15BrFN3O3S4/c24-15-5-1-13(2-6-15)12-18-21(31)28(23(33)35-18)26-19(29)9-10-27-20(30)17(34-22(27)32)11-14-3-7-16(25)8-4-14/h1-8,11-12H,9-10H2,(H,26,29). The lowest BCUT2D eigenvalue weighted by Gasteiger charge is -2.18. The summed E-state index contributed by atoms with van der Waals surface area (Å²) in [5.41, 5.74) is 3.99. The van der Waals surface area contributed by atoms with Gasteiger partial charge in [0.25, 0.3) is 11.8 Å². The largest absolute Gasteiger partial charge is 0.292 e. The second-order valence-corrected chi connectivity index (χ2v) is 11.5. The molecule has 2 fully saturated rings. The Morgan fingerprint density at radius 2 is 1.46 bits per heavy atom. The fourth-order valence-corrected chi connectivity index (χ4v) is 5.82. The third-order valence-corrected chi connectivity index (χ3v) is 8.01. The number of hydrazine groups is 1. The van der Waals surface area contributed by atoms with E-state index in [9.17, 15) is 18.8 Å². The zero-order chi connectivity index (χ0) is 25.1. The van der Waals surface area contributed by atoms with Gasteiger partial charge in [0.1, 0.15) is 10.1 Å². The van der Waals surface area contributed by atoms with Crippen LogP contribution in [-0.4, -0.2) is 42.8 Å². The van der Waals surface area contributed by atoms with Crippen LogP contribution in [0.4, 0.5) is 4.39 Å². The van der Waals surface area contributed by atoms with Gasteiger partial charge in [0.2, 0.25) is 5.91 Å². The van der Waals surface area contributed by atoms with Crippen molar-refractivity contribution < 1.29 is 18.8 Å². The van der Waals surface area contributed by atoms with Gasteiger partial charge in [-0.3, -0.25) is 24.7 Å². The molecule has 2 heterocycles. The summed E-state index contributed by atoms with van der Waals surface area (Å²) in [7, 11) is 0. The second-order valence-electron chi connectivity index (χ2n) is 7.24. The van der Waals surface area contributed by atoms with Gasteiger partial charge in [-0.2, -0.15) is 5.01 Å². The molecule has 0 bridgehead atoms. The molecular weight excluding hydrogens is 593 g/mol. The van der Waals surface area contributed by atoms with Crippen LogP contribution >= 0.6 is 63.9 Å². The average Bonchev–Trinajstić information content (AvgIpc) is 3.24. The lowest BCUT2D eigenvalue weighted by molar-refractivity contribution is -0.133. The zero-order valence-electron chi connectivity index (χ0n) is 17.7. The lowest BCUT2D eigenvalue weighted by atomic mass is 10.2. The molecule has 0 spiro atoms. The zero-order valence-corrected chi connectivity index (χ0v) is 22.5. The van der Waals surface area contributed by atoms with Crippen molar-refractivity contribution in [3.63, 3.8) is 0 Å². The highest BCUT2D eigenvalue weighted by Crippen LogP contribution is 2.33. The van der Waals surface area contributed by atoms with Crippen LogP contribution in [0.3, 0.4) is 0 Å². The molecule has 4 rings (SSSR count). The molecule has 6 nitrogen and oxygen atoms in total. The predicted octanol–water partition coefficient (Wildman–Crippen LogP) is 5.11. The van der Waals surface area contributed by atoms with E-state index < -0.39 is 11.8 Å². The number of nitrogens with zero attached hydrogens (tertiary/aromatic N) is 2. The third kappa shape index (κ3) is 6.25. The van der Waals surface area contributed by atoms with E-state index in [1.165, 1.54) is 17.0 Å². The maximum absolute atomic E-state index is 13.1. The van der Waals surface area contributed by atoms with Crippen molar-refractivity contribution in [2.24, 2.45) is 0 Å². The summed E-state index contributed by atoms with van der Waals surface area (Å²) in [6, 6.07) is 13.1. The normalized spacial score (nSPS) is 18.3. The maximum atomic E-state index is 13.1. The molecule has 178 valence electrons. The predicted molar refractivity (Wildman–Crippen MR) is 148 cm³/mol. The molecule has 0 aliphatic carbocycles. The highest BCUT2D eigenvalue weighted by Gasteiger charge is 2.35. The van der Waals surface area contributed by atoms with Crippen LogP contribution in [0.1, 0.15) is 17.5 Å². The number of benzene rings is 2. The van der Waals surface area contributed by atoms with Gasteiger partial charge in [-0.25, -0.2) is 4.39 Å². The highest BCUT2D eigenvalue weighted by molar-refractivity contribution is 9.10. The Labute approximate surface area is 228 Å². The lowest BCUT2D eigenvalue weighted by Crippen LogP contribution is -2.46. The highest BCUT2D eigenvalue weighted by atomic mass is 79.9. The number of thiocarbonyl (C=S) groups is 2. The molecule has 2 aliphatic rings. The van der Waals surface area contributed by atoms with Gasteiger partial charge in [0, 0.05) is 17.4 Å². The molecule has 2 aliphatic heterocycles. The molecule has 1 N–H and O–H groups in total. The molecule has 2 aromatic rings. The Balaban J connectivity index is 1.35. The summed E-state index contributed by atoms with van der Waals surface area (Å²) in [5.74, 6) is -1.61. The Hall–Kier alpha value is -2.38. The Morgan fingerprint density at radius 1 is 0.914 bits per heavy atom. The van der Waals surface area contributed by atoms with Gasteiger partial charge in [0.15, 0.2) is 4.32 Å². The first-order valence-electron chi connectivity index (χ1n) is 10.1. The second kappa shape index (κ2) is 11.1. The summed E-state index contributed by atoms with van der Waals surface area (Å²) >= 11 is 16.1. The van der Waals surface area contributed by atoms with Crippen molar-refractivity contribution in [2.75, 3.05) is 6.54 Å². The van der Waals surface area contributed by atoms with Crippen LogP contribution < -0.4 is 5.43 Å². The minimum Gasteiger partial charge on any atom is -0.292 e. The van der Waals surface area contributed by atoms with E-state index in [1.54, 1.807) is 24.3 Å². The van der Waals surface area contributed by atoms with Crippen LogP contribution in [0, 0.1) is 5.82 Å². The van der Waals surface area contributed by atoms with Crippen LogP contribution in [0.5, 0.6) is 0 Å². The van der Waals surface area contributed by atoms with E-state index in [0.717, 1.165) is 38.6 Å². The molecular formula is C23H15BrFN3O3S4. The monoisotopic (exact) mass is 607 g/mol. The number of thioether (sulfide) groups is 2. The Kier molecular flexibility index (Phi) is 8.17. The molecule has 0 saturated carbocycles. The number of halogens is 2. The van der Waals surface area contributed by atoms with E-state index in [0.29, 0.717) is 19.7 Å². The number of carbonyl (C=O) groups is 3. The quantitative estimate of drug-likeness (QED) is 0.361. The van der Waals surface area contributed by atoms with E-state index in [1.807, 2.05) is 24.3 Å². The van der Waals surface area contributed by atoms with Gasteiger partial charge in [-0.1, -0.05) is 75.9 Å². The number of rotatable bonds is 6. The van der Waals surface area contributed by atoms with Gasteiger partial charge in [-0.05, 0) is 59.8 Å². The Morgan fingerprint density at radius 3 is 2.09 bits per heavy atom. The van der Waals surface area contributed by atoms with Gasteiger partial charge < -0.3 is 0 Å². The van der Waals surface area contributed by atoms with Crippen LogP contribution in [0.2, 0.25) is 0 Å². The molecule has 2 saturated heterocycles. The molecule has 0 radical (unpaired) electrons. The molecule has 2 aromatic carbocycles. The van der Waals surface area contributed by atoms with E-state index in [2.05, 4.69) is 21.4 Å². The topological polar surface area (TPSA) is 69.7 Å². The van der Waals surface area contributed by atoms with Crippen molar-refractivity contribution in [3.8, 4) is 0 Å². The molecule has 12 heteroatoms. The number of nitrogens with one attached hydrogen (secondary N) is 1. The number of hydrogen-bond donors (Lipinski definition) is 1. The molecule has 35 heavy (non-hydrogen) atoms. The Bertz CT molecular complexity index is 1300. The summed E-state index contributed by atoms with van der Waals surface area (Å²) in [6.07, 6.45) is 3.24. The number of amides is 3.